The van der Waals surface area contributed by atoms with Crippen molar-refractivity contribution in [1.82, 2.24) is 4.98 Å². The highest BCUT2D eigenvalue weighted by Gasteiger charge is 2.23. The van der Waals surface area contributed by atoms with E-state index in [1.807, 2.05) is 55.6 Å². The van der Waals surface area contributed by atoms with Gasteiger partial charge in [-0.15, -0.1) is 0 Å². The van der Waals surface area contributed by atoms with Crippen LogP contribution in [0.15, 0.2) is 66.5 Å². The fraction of sp³-hybridized carbons (Fsp3) is 0.375. The zero-order valence-corrected chi connectivity index (χ0v) is 17.2. The molecule has 0 bridgehead atoms. The fourth-order valence-electron chi connectivity index (χ4n) is 3.12. The number of allylic oxidation sites excluding steroid dienone is 2. The molecule has 0 aliphatic heterocycles. The lowest BCUT2D eigenvalue weighted by Gasteiger charge is -2.27. The molecule has 1 aromatic heterocycles. The lowest BCUT2D eigenvalue weighted by atomic mass is 9.92. The molecule has 0 aliphatic carbocycles. The number of hydrogen-bond acceptors (Lipinski definition) is 4. The standard InChI is InChI=1S/C24H31NO3/c1-18(7-8-21-6-5-13-25-15-21)14-19(2)24(20(3)16-26)28-17-22-9-11-23(27-4)12-10-22/h5-15,19-20,24,26H,16-17H2,1-4H3/b8-7+,18-14+/t19-,20+,24+/m1/s1. The van der Waals surface area contributed by atoms with Gasteiger partial charge in [0.25, 0.3) is 0 Å². The highest BCUT2D eigenvalue weighted by Crippen LogP contribution is 2.22. The van der Waals surface area contributed by atoms with E-state index in [0.29, 0.717) is 6.61 Å². The van der Waals surface area contributed by atoms with Crippen LogP contribution in [0.3, 0.4) is 0 Å². The van der Waals surface area contributed by atoms with E-state index >= 15 is 0 Å². The molecule has 0 unspecified atom stereocenters. The van der Waals surface area contributed by atoms with Gasteiger partial charge in [-0.05, 0) is 36.2 Å². The van der Waals surface area contributed by atoms with E-state index in [0.717, 1.165) is 22.4 Å². The zero-order chi connectivity index (χ0) is 20.4. The van der Waals surface area contributed by atoms with Gasteiger partial charge in [0.1, 0.15) is 5.75 Å². The van der Waals surface area contributed by atoms with Gasteiger partial charge in [0.2, 0.25) is 0 Å². The van der Waals surface area contributed by atoms with Crippen LogP contribution in [0.5, 0.6) is 5.75 Å². The second-order valence-corrected chi connectivity index (χ2v) is 7.17. The minimum absolute atomic E-state index is 0.0413. The number of rotatable bonds is 10. The second kappa shape index (κ2) is 11.4. The molecule has 0 aliphatic rings. The summed E-state index contributed by atoms with van der Waals surface area (Å²) in [6.45, 7) is 6.82. The highest BCUT2D eigenvalue weighted by molar-refractivity contribution is 5.51. The van der Waals surface area contributed by atoms with Crippen molar-refractivity contribution in [3.63, 3.8) is 0 Å². The molecule has 4 nitrogen and oxygen atoms in total. The molecular formula is C24H31NO3. The average molecular weight is 382 g/mol. The van der Waals surface area contributed by atoms with Crippen LogP contribution in [-0.2, 0) is 11.3 Å². The van der Waals surface area contributed by atoms with Crippen LogP contribution in [0.2, 0.25) is 0 Å². The lowest BCUT2D eigenvalue weighted by Crippen LogP contribution is -2.30. The van der Waals surface area contributed by atoms with Gasteiger partial charge in [-0.2, -0.15) is 0 Å². The maximum atomic E-state index is 9.67. The fourth-order valence-corrected chi connectivity index (χ4v) is 3.12. The summed E-state index contributed by atoms with van der Waals surface area (Å²) in [4.78, 5) is 4.12. The normalized spacial score (nSPS) is 15.4. The quantitative estimate of drug-likeness (QED) is 0.595. The third-order valence-electron chi connectivity index (χ3n) is 4.72. The Morgan fingerprint density at radius 2 is 1.93 bits per heavy atom. The van der Waals surface area contributed by atoms with Crippen LogP contribution in [0.25, 0.3) is 6.08 Å². The smallest absolute Gasteiger partial charge is 0.118 e. The first kappa shape index (κ1) is 21.9. The Morgan fingerprint density at radius 1 is 1.18 bits per heavy atom. The number of aromatic nitrogens is 1. The summed E-state index contributed by atoms with van der Waals surface area (Å²) < 4.78 is 11.4. The van der Waals surface area contributed by atoms with Gasteiger partial charge in [0.15, 0.2) is 0 Å². The van der Waals surface area contributed by atoms with Crippen molar-refractivity contribution in [3.8, 4) is 5.75 Å². The molecule has 0 amide bonds. The van der Waals surface area contributed by atoms with Crippen molar-refractivity contribution in [2.24, 2.45) is 11.8 Å². The molecular weight excluding hydrogens is 350 g/mol. The number of hydrogen-bond donors (Lipinski definition) is 1. The van der Waals surface area contributed by atoms with Crippen LogP contribution in [0, 0.1) is 11.8 Å². The molecule has 0 saturated heterocycles. The largest absolute Gasteiger partial charge is 0.497 e. The zero-order valence-electron chi connectivity index (χ0n) is 17.2. The number of aliphatic hydroxyl groups is 1. The molecule has 0 radical (unpaired) electrons. The van der Waals surface area contributed by atoms with E-state index < -0.39 is 0 Å². The topological polar surface area (TPSA) is 51.6 Å². The van der Waals surface area contributed by atoms with Crippen molar-refractivity contribution in [3.05, 3.63) is 77.6 Å². The summed E-state index contributed by atoms with van der Waals surface area (Å²) in [6.07, 6.45) is 9.85. The Balaban J connectivity index is 2.02. The van der Waals surface area contributed by atoms with Crippen LogP contribution in [-0.4, -0.2) is 29.9 Å². The molecule has 2 aromatic rings. The molecule has 0 spiro atoms. The number of methoxy groups -OCH3 is 1. The van der Waals surface area contributed by atoms with Crippen LogP contribution in [0.1, 0.15) is 31.9 Å². The van der Waals surface area contributed by atoms with Crippen LogP contribution < -0.4 is 4.74 Å². The number of pyridine rings is 1. The molecule has 4 heteroatoms. The molecule has 1 N–H and O–H groups in total. The van der Waals surface area contributed by atoms with Gasteiger partial charge in [-0.3, -0.25) is 4.98 Å². The van der Waals surface area contributed by atoms with Crippen molar-refractivity contribution >= 4 is 6.08 Å². The monoisotopic (exact) mass is 381 g/mol. The van der Waals surface area contributed by atoms with E-state index in [9.17, 15) is 5.11 Å². The highest BCUT2D eigenvalue weighted by atomic mass is 16.5. The number of benzene rings is 1. The van der Waals surface area contributed by atoms with Crippen molar-refractivity contribution in [2.45, 2.75) is 33.5 Å². The second-order valence-electron chi connectivity index (χ2n) is 7.17. The average Bonchev–Trinajstić information content (AvgIpc) is 2.73. The Kier molecular flexibility index (Phi) is 8.92. The van der Waals surface area contributed by atoms with E-state index in [-0.39, 0.29) is 24.5 Å². The molecule has 28 heavy (non-hydrogen) atoms. The lowest BCUT2D eigenvalue weighted by molar-refractivity contribution is -0.0309. The van der Waals surface area contributed by atoms with Gasteiger partial charge < -0.3 is 14.6 Å². The predicted octanol–water partition coefficient (Wildman–Crippen LogP) is 4.90. The summed E-state index contributed by atoms with van der Waals surface area (Å²) in [5, 5.41) is 9.67. The third-order valence-corrected chi connectivity index (χ3v) is 4.72. The van der Waals surface area contributed by atoms with Crippen molar-refractivity contribution in [2.75, 3.05) is 13.7 Å². The molecule has 0 fully saturated rings. The van der Waals surface area contributed by atoms with Gasteiger partial charge in [0, 0.05) is 30.8 Å². The molecule has 0 saturated carbocycles. The van der Waals surface area contributed by atoms with E-state index in [1.165, 1.54) is 0 Å². The molecule has 150 valence electrons. The van der Waals surface area contributed by atoms with Crippen LogP contribution in [0.4, 0.5) is 0 Å². The number of aliphatic hydroxyl groups excluding tert-OH is 1. The van der Waals surface area contributed by atoms with E-state index in [2.05, 4.69) is 31.0 Å². The summed E-state index contributed by atoms with van der Waals surface area (Å²) in [5.41, 5.74) is 3.30. The summed E-state index contributed by atoms with van der Waals surface area (Å²) in [5.74, 6) is 1.04. The number of nitrogens with zero attached hydrogens (tertiary/aromatic N) is 1. The van der Waals surface area contributed by atoms with Gasteiger partial charge in [-0.1, -0.05) is 55.8 Å². The van der Waals surface area contributed by atoms with E-state index in [4.69, 9.17) is 9.47 Å². The van der Waals surface area contributed by atoms with Gasteiger partial charge >= 0.3 is 0 Å². The van der Waals surface area contributed by atoms with E-state index in [1.54, 1.807) is 13.3 Å². The summed E-state index contributed by atoms with van der Waals surface area (Å²) in [7, 11) is 1.66. The Labute approximate surface area is 168 Å². The molecule has 1 aromatic carbocycles. The van der Waals surface area contributed by atoms with Gasteiger partial charge in [-0.25, -0.2) is 0 Å². The summed E-state index contributed by atoms with van der Waals surface area (Å²) in [6, 6.07) is 11.8. The third kappa shape index (κ3) is 6.95. The summed E-state index contributed by atoms with van der Waals surface area (Å²) >= 11 is 0. The maximum Gasteiger partial charge on any atom is 0.118 e. The molecule has 3 atom stereocenters. The van der Waals surface area contributed by atoms with Crippen molar-refractivity contribution < 1.29 is 14.6 Å². The van der Waals surface area contributed by atoms with Crippen LogP contribution >= 0.6 is 0 Å². The maximum absolute atomic E-state index is 9.67. The molecule has 1 heterocycles. The minimum Gasteiger partial charge on any atom is -0.497 e. The Morgan fingerprint density at radius 3 is 2.54 bits per heavy atom. The Bertz CT molecular complexity index is 753. The number of ether oxygens (including phenoxy) is 2. The van der Waals surface area contributed by atoms with Crippen molar-refractivity contribution in [1.29, 1.82) is 0 Å². The first-order valence-corrected chi connectivity index (χ1v) is 9.65. The Hall–Kier alpha value is -2.43. The minimum atomic E-state index is -0.0751. The first-order chi connectivity index (χ1) is 13.5. The van der Waals surface area contributed by atoms with Gasteiger partial charge in [0.05, 0.1) is 19.8 Å². The SMILES string of the molecule is COc1ccc(CO[C@@H]([C@H](C)/C=C(C)/C=C/c2cccnc2)[C@@H](C)CO)cc1. The molecule has 2 rings (SSSR count). The predicted molar refractivity (Wildman–Crippen MR) is 114 cm³/mol. The first-order valence-electron chi connectivity index (χ1n) is 9.65.